The number of halogens is 1. The van der Waals surface area contributed by atoms with E-state index in [0.717, 1.165) is 30.2 Å². The highest BCUT2D eigenvalue weighted by atomic mass is 35.5. The van der Waals surface area contributed by atoms with E-state index in [-0.39, 0.29) is 5.91 Å². The molecule has 1 fully saturated rings. The maximum atomic E-state index is 12.1. The number of hydrogen-bond acceptors (Lipinski definition) is 3. The maximum Gasteiger partial charge on any atom is 0.257 e. The molecule has 0 spiro atoms. The van der Waals surface area contributed by atoms with Gasteiger partial charge < -0.3 is 15.4 Å². The van der Waals surface area contributed by atoms with E-state index in [2.05, 4.69) is 10.2 Å². The van der Waals surface area contributed by atoms with Gasteiger partial charge in [-0.25, -0.2) is 0 Å². The lowest BCUT2D eigenvalue weighted by Gasteiger charge is -2.19. The second kappa shape index (κ2) is 6.87. The Bertz CT molecular complexity index is 690. The lowest BCUT2D eigenvalue weighted by molar-refractivity contribution is -0.605. The molecule has 1 atom stereocenters. The van der Waals surface area contributed by atoms with Crippen LogP contribution in [0.1, 0.15) is 16.8 Å². The molecule has 1 aromatic heterocycles. The zero-order valence-electron chi connectivity index (χ0n) is 12.6. The molecule has 0 bridgehead atoms. The fraction of sp³-hybridized carbons (Fsp3) is 0.294. The number of nitrogens with zero attached hydrogens (tertiary/aromatic N) is 2. The molecule has 1 unspecified atom stereocenters. The van der Waals surface area contributed by atoms with Gasteiger partial charge in [-0.05, 0) is 42.7 Å². The summed E-state index contributed by atoms with van der Waals surface area (Å²) >= 11 is 5.91. The maximum absolute atomic E-state index is 12.1. The predicted octanol–water partition coefficient (Wildman–Crippen LogP) is 2.23. The number of anilines is 1. The van der Waals surface area contributed by atoms with E-state index in [4.69, 9.17) is 11.6 Å². The van der Waals surface area contributed by atoms with Gasteiger partial charge in [-0.15, -0.1) is 0 Å². The molecule has 1 aliphatic heterocycles. The van der Waals surface area contributed by atoms with Gasteiger partial charge in [-0.1, -0.05) is 11.6 Å². The van der Waals surface area contributed by atoms with E-state index in [1.807, 2.05) is 24.3 Å². The van der Waals surface area contributed by atoms with Crippen LogP contribution in [0.5, 0.6) is 0 Å². The highest BCUT2D eigenvalue weighted by Crippen LogP contribution is 2.24. The molecular weight excluding hydrogens is 314 g/mol. The molecular formula is C17H18ClN3O2. The number of carbonyl (C=O) groups excluding carboxylic acids is 1. The Morgan fingerprint density at radius 1 is 1.35 bits per heavy atom. The monoisotopic (exact) mass is 331 g/mol. The number of aromatic nitrogens is 1. The molecule has 6 heteroatoms. The van der Waals surface area contributed by atoms with Crippen molar-refractivity contribution in [2.75, 3.05) is 24.5 Å². The summed E-state index contributed by atoms with van der Waals surface area (Å²) in [5.41, 5.74) is 1.54. The first-order valence-electron chi connectivity index (χ1n) is 7.59. The molecule has 0 saturated carbocycles. The van der Waals surface area contributed by atoms with E-state index < -0.39 is 0 Å². The van der Waals surface area contributed by atoms with Crippen LogP contribution in [0.3, 0.4) is 0 Å². The summed E-state index contributed by atoms with van der Waals surface area (Å²) in [6.45, 7) is 2.48. The summed E-state index contributed by atoms with van der Waals surface area (Å²) in [4.78, 5) is 14.3. The van der Waals surface area contributed by atoms with Gasteiger partial charge >= 0.3 is 0 Å². The third-order valence-electron chi connectivity index (χ3n) is 4.07. The molecule has 120 valence electrons. The Labute approximate surface area is 140 Å². The number of hydrogen-bond donors (Lipinski definition) is 1. The quantitative estimate of drug-likeness (QED) is 0.690. The lowest BCUT2D eigenvalue weighted by Crippen LogP contribution is -2.33. The third-order valence-corrected chi connectivity index (χ3v) is 4.32. The highest BCUT2D eigenvalue weighted by Gasteiger charge is 2.23. The summed E-state index contributed by atoms with van der Waals surface area (Å²) < 4.78 is 0.632. The van der Waals surface area contributed by atoms with Gasteiger partial charge in [0.1, 0.15) is 5.56 Å². The number of amides is 1. The van der Waals surface area contributed by atoms with E-state index in [9.17, 15) is 10.0 Å². The van der Waals surface area contributed by atoms with Gasteiger partial charge in [0.25, 0.3) is 5.91 Å². The van der Waals surface area contributed by atoms with E-state index in [1.54, 1.807) is 12.1 Å². The third kappa shape index (κ3) is 3.93. The SMILES string of the molecule is O=C(NCC1CCN(c2ccc(Cl)cc2)C1)c1ccc[n+]([O-])c1. The minimum atomic E-state index is -0.208. The fourth-order valence-electron chi connectivity index (χ4n) is 2.81. The predicted molar refractivity (Wildman–Crippen MR) is 89.5 cm³/mol. The van der Waals surface area contributed by atoms with Gasteiger partial charge in [-0.3, -0.25) is 4.79 Å². The Morgan fingerprint density at radius 2 is 2.13 bits per heavy atom. The van der Waals surface area contributed by atoms with Crippen LogP contribution in [0.15, 0.2) is 48.8 Å². The molecule has 1 aromatic carbocycles. The largest absolute Gasteiger partial charge is 0.619 e. The second-order valence-corrected chi connectivity index (χ2v) is 6.18. The van der Waals surface area contributed by atoms with Crippen molar-refractivity contribution in [2.45, 2.75) is 6.42 Å². The second-order valence-electron chi connectivity index (χ2n) is 5.74. The van der Waals surface area contributed by atoms with Crippen LogP contribution in [-0.4, -0.2) is 25.5 Å². The Morgan fingerprint density at radius 3 is 2.87 bits per heavy atom. The zero-order valence-corrected chi connectivity index (χ0v) is 13.4. The van der Waals surface area contributed by atoms with Crippen LogP contribution in [0.4, 0.5) is 5.69 Å². The number of rotatable bonds is 4. The molecule has 0 aliphatic carbocycles. The van der Waals surface area contributed by atoms with Crippen molar-refractivity contribution in [2.24, 2.45) is 5.92 Å². The van der Waals surface area contributed by atoms with Crippen molar-refractivity contribution in [1.29, 1.82) is 0 Å². The fourth-order valence-corrected chi connectivity index (χ4v) is 2.94. The standard InChI is InChI=1S/C17H18ClN3O2/c18-15-3-5-16(6-4-15)20-9-7-13(11-20)10-19-17(22)14-2-1-8-21(23)12-14/h1-6,8,12-13H,7,9-11H2,(H,19,22). The average molecular weight is 332 g/mol. The summed E-state index contributed by atoms with van der Waals surface area (Å²) in [6, 6.07) is 11.0. The van der Waals surface area contributed by atoms with E-state index in [1.165, 1.54) is 12.4 Å². The number of carbonyl (C=O) groups is 1. The zero-order chi connectivity index (χ0) is 16.2. The molecule has 0 radical (unpaired) electrons. The minimum Gasteiger partial charge on any atom is -0.619 e. The summed E-state index contributed by atoms with van der Waals surface area (Å²) in [5.74, 6) is 0.192. The molecule has 2 aromatic rings. The van der Waals surface area contributed by atoms with Crippen LogP contribution in [0, 0.1) is 11.1 Å². The average Bonchev–Trinajstić information content (AvgIpc) is 3.02. The molecule has 1 N–H and O–H groups in total. The first-order valence-corrected chi connectivity index (χ1v) is 7.97. The van der Waals surface area contributed by atoms with Crippen molar-refractivity contribution in [3.05, 3.63) is 64.6 Å². The Hall–Kier alpha value is -2.27. The van der Waals surface area contributed by atoms with E-state index >= 15 is 0 Å². The van der Waals surface area contributed by atoms with Crippen molar-refractivity contribution < 1.29 is 9.52 Å². The molecule has 3 rings (SSSR count). The van der Waals surface area contributed by atoms with Crippen LogP contribution in [0.2, 0.25) is 5.02 Å². The number of benzene rings is 1. The van der Waals surface area contributed by atoms with Crippen molar-refractivity contribution in [3.63, 3.8) is 0 Å². The van der Waals surface area contributed by atoms with Crippen LogP contribution in [-0.2, 0) is 0 Å². The van der Waals surface area contributed by atoms with E-state index in [0.29, 0.717) is 22.8 Å². The van der Waals surface area contributed by atoms with Crippen LogP contribution in [0.25, 0.3) is 0 Å². The molecule has 2 heterocycles. The topological polar surface area (TPSA) is 59.3 Å². The van der Waals surface area contributed by atoms with Gasteiger partial charge in [0, 0.05) is 36.4 Å². The summed E-state index contributed by atoms with van der Waals surface area (Å²) in [5, 5.41) is 14.8. The highest BCUT2D eigenvalue weighted by molar-refractivity contribution is 6.30. The summed E-state index contributed by atoms with van der Waals surface area (Å²) in [6.07, 6.45) is 3.67. The van der Waals surface area contributed by atoms with Crippen LogP contribution < -0.4 is 14.9 Å². The normalized spacial score (nSPS) is 17.3. The first-order chi connectivity index (χ1) is 11.1. The van der Waals surface area contributed by atoms with Crippen LogP contribution >= 0.6 is 11.6 Å². The molecule has 1 aliphatic rings. The number of pyridine rings is 1. The molecule has 1 amide bonds. The van der Waals surface area contributed by atoms with Gasteiger partial charge in [0.15, 0.2) is 12.4 Å². The van der Waals surface area contributed by atoms with Crippen molar-refractivity contribution in [1.82, 2.24) is 5.32 Å². The minimum absolute atomic E-state index is 0.208. The summed E-state index contributed by atoms with van der Waals surface area (Å²) in [7, 11) is 0. The smallest absolute Gasteiger partial charge is 0.257 e. The lowest BCUT2D eigenvalue weighted by atomic mass is 10.1. The first kappa shape index (κ1) is 15.6. The van der Waals surface area contributed by atoms with Gasteiger partial charge in [0.05, 0.1) is 0 Å². The molecule has 23 heavy (non-hydrogen) atoms. The van der Waals surface area contributed by atoms with Gasteiger partial charge in [-0.2, -0.15) is 4.73 Å². The number of nitrogens with one attached hydrogen (secondary N) is 1. The Kier molecular flexibility index (Phi) is 4.67. The van der Waals surface area contributed by atoms with Crippen molar-refractivity contribution >= 4 is 23.2 Å². The molecule has 5 nitrogen and oxygen atoms in total. The van der Waals surface area contributed by atoms with Crippen molar-refractivity contribution in [3.8, 4) is 0 Å². The Balaban J connectivity index is 1.52. The van der Waals surface area contributed by atoms with Gasteiger partial charge in [0.2, 0.25) is 0 Å². The molecule has 1 saturated heterocycles.